The molecule has 0 unspecified atom stereocenters. The first-order chi connectivity index (χ1) is 23.0. The average Bonchev–Trinajstić information content (AvgIpc) is 3.36. The number of hydrogen-bond acceptors (Lipinski definition) is 5. The van der Waals surface area contributed by atoms with Crippen molar-refractivity contribution in [2.45, 2.75) is 47.1 Å². The van der Waals surface area contributed by atoms with Crippen molar-refractivity contribution >= 4 is 40.3 Å². The maximum absolute atomic E-state index is 13.9. The van der Waals surface area contributed by atoms with Crippen molar-refractivity contribution in [2.75, 3.05) is 7.11 Å². The molecule has 244 valence electrons. The van der Waals surface area contributed by atoms with E-state index in [0.717, 1.165) is 56.4 Å². The summed E-state index contributed by atoms with van der Waals surface area (Å²) in [5.74, 6) is 2.22. The molecule has 0 aliphatic carbocycles. The molecule has 0 spiro atoms. The fourth-order valence-corrected chi connectivity index (χ4v) is 6.22. The van der Waals surface area contributed by atoms with Crippen LogP contribution in [0.3, 0.4) is 0 Å². The molecule has 7 nitrogen and oxygen atoms in total. The molecule has 0 radical (unpaired) electrons. The Kier molecular flexibility index (Phi) is 9.45. The van der Waals surface area contributed by atoms with Crippen molar-refractivity contribution in [1.29, 1.82) is 0 Å². The predicted octanol–water partition coefficient (Wildman–Crippen LogP) is 9.68. The molecule has 0 aliphatic heterocycles. The molecular formula is C39H36Cl2N4O3. The van der Waals surface area contributed by atoms with Crippen LogP contribution >= 0.6 is 23.2 Å². The first-order valence-corrected chi connectivity index (χ1v) is 16.4. The summed E-state index contributed by atoms with van der Waals surface area (Å²) in [7, 11) is 1.67. The Labute approximate surface area is 290 Å². The molecule has 6 aromatic rings. The van der Waals surface area contributed by atoms with Gasteiger partial charge in [-0.05, 0) is 110 Å². The quantitative estimate of drug-likeness (QED) is 0.143. The van der Waals surface area contributed by atoms with E-state index >= 15 is 0 Å². The second kappa shape index (κ2) is 13.7. The molecule has 0 fully saturated rings. The summed E-state index contributed by atoms with van der Waals surface area (Å²) >= 11 is 12.2. The van der Waals surface area contributed by atoms with E-state index in [1.54, 1.807) is 31.5 Å². The highest BCUT2D eigenvalue weighted by molar-refractivity contribution is 6.42. The first-order valence-electron chi connectivity index (χ1n) is 15.7. The minimum Gasteiger partial charge on any atom is -0.496 e. The van der Waals surface area contributed by atoms with Crippen LogP contribution < -0.4 is 15.0 Å². The van der Waals surface area contributed by atoms with Crippen LogP contribution in [0.4, 0.5) is 0 Å². The zero-order valence-corrected chi connectivity index (χ0v) is 29.2. The van der Waals surface area contributed by atoms with Crippen LogP contribution in [0.25, 0.3) is 28.0 Å². The Bertz CT molecular complexity index is 2230. The largest absolute Gasteiger partial charge is 0.496 e. The number of nitrogens with zero attached hydrogens (tertiary/aromatic N) is 4. The molecule has 0 amide bonds. The van der Waals surface area contributed by atoms with Gasteiger partial charge in [0, 0.05) is 28.2 Å². The fourth-order valence-electron chi connectivity index (χ4n) is 5.90. The lowest BCUT2D eigenvalue weighted by Crippen LogP contribution is -2.21. The lowest BCUT2D eigenvalue weighted by atomic mass is 9.96. The maximum atomic E-state index is 13.9. The highest BCUT2D eigenvalue weighted by atomic mass is 35.5. The number of hydrogen-bond donors (Lipinski definition) is 0. The third kappa shape index (κ3) is 6.48. The number of aromatic nitrogens is 3. The third-order valence-electron chi connectivity index (χ3n) is 8.46. The van der Waals surface area contributed by atoms with E-state index in [0.29, 0.717) is 33.4 Å². The molecule has 0 N–H and O–H groups in total. The molecule has 0 saturated carbocycles. The topological polar surface area (TPSA) is 70.6 Å². The number of ether oxygens (including phenoxy) is 2. The minimum atomic E-state index is -0.238. The van der Waals surface area contributed by atoms with Gasteiger partial charge in [0.1, 0.15) is 18.1 Å². The predicted molar refractivity (Wildman–Crippen MR) is 196 cm³/mol. The van der Waals surface area contributed by atoms with E-state index in [1.807, 2.05) is 75.4 Å². The number of benzene rings is 4. The average molecular weight is 680 g/mol. The Morgan fingerprint density at radius 2 is 1.67 bits per heavy atom. The van der Waals surface area contributed by atoms with Crippen LogP contribution in [0.5, 0.6) is 11.5 Å². The third-order valence-corrected chi connectivity index (χ3v) is 9.20. The summed E-state index contributed by atoms with van der Waals surface area (Å²) in [6.45, 7) is 10.7. The Morgan fingerprint density at radius 3 is 2.38 bits per heavy atom. The van der Waals surface area contributed by atoms with E-state index in [9.17, 15) is 4.79 Å². The lowest BCUT2D eigenvalue weighted by molar-refractivity contribution is 0.306. The Morgan fingerprint density at radius 1 is 0.917 bits per heavy atom. The number of aryl methyl sites for hydroxylation is 2. The highest BCUT2D eigenvalue weighted by Crippen LogP contribution is 2.34. The van der Waals surface area contributed by atoms with E-state index in [4.69, 9.17) is 42.8 Å². The van der Waals surface area contributed by atoms with Gasteiger partial charge < -0.3 is 14.0 Å². The van der Waals surface area contributed by atoms with Crippen molar-refractivity contribution in [3.05, 3.63) is 139 Å². The van der Waals surface area contributed by atoms with E-state index in [1.165, 1.54) is 4.68 Å². The minimum absolute atomic E-state index is 0.206. The SMILES string of the molecule is COc1cc(C)c(-c2nc3ccccc3c(=O)n2N=Cc2cc(C)n(-c3ccc(OCc4ccc(Cl)c(Cl)c4)cc3)c2C)cc1C(C)C. The van der Waals surface area contributed by atoms with Crippen molar-refractivity contribution in [2.24, 2.45) is 5.10 Å². The van der Waals surface area contributed by atoms with Gasteiger partial charge in [0.15, 0.2) is 5.82 Å². The van der Waals surface area contributed by atoms with Gasteiger partial charge in [-0.2, -0.15) is 9.78 Å². The summed E-state index contributed by atoms with van der Waals surface area (Å²) in [5.41, 5.74) is 7.97. The van der Waals surface area contributed by atoms with Gasteiger partial charge in [0.05, 0.1) is 34.3 Å². The molecule has 0 bridgehead atoms. The Hall–Kier alpha value is -4.85. The molecule has 2 heterocycles. The summed E-state index contributed by atoms with van der Waals surface area (Å²) in [6, 6.07) is 26.8. The monoisotopic (exact) mass is 678 g/mol. The van der Waals surface area contributed by atoms with E-state index in [-0.39, 0.29) is 11.5 Å². The van der Waals surface area contributed by atoms with Gasteiger partial charge in [-0.3, -0.25) is 4.79 Å². The van der Waals surface area contributed by atoms with Gasteiger partial charge in [0.2, 0.25) is 0 Å². The smallest absolute Gasteiger partial charge is 0.282 e. The second-order valence-electron chi connectivity index (χ2n) is 12.1. The summed E-state index contributed by atoms with van der Waals surface area (Å²) in [6.07, 6.45) is 1.73. The number of rotatable bonds is 9. The van der Waals surface area contributed by atoms with Crippen LogP contribution in [0.1, 0.15) is 53.4 Å². The van der Waals surface area contributed by atoms with Crippen molar-refractivity contribution in [1.82, 2.24) is 14.2 Å². The molecule has 4 aromatic carbocycles. The zero-order valence-electron chi connectivity index (χ0n) is 27.7. The number of para-hydroxylation sites is 1. The molecule has 0 atom stereocenters. The first kappa shape index (κ1) is 33.1. The van der Waals surface area contributed by atoms with Crippen LogP contribution in [0.15, 0.2) is 94.8 Å². The standard InChI is InChI=1S/C39H36Cl2N4O3/c1-23(2)32-20-33(24(3)17-37(32)47-6)38-43-36-10-8-7-9-31(36)39(46)45(38)42-21-28-18-25(4)44(26(28)5)29-12-14-30(15-13-29)48-22-27-11-16-34(40)35(41)19-27/h7-21,23H,22H2,1-6H3. The van der Waals surface area contributed by atoms with E-state index < -0.39 is 0 Å². The molecule has 0 saturated heterocycles. The second-order valence-corrected chi connectivity index (χ2v) is 12.9. The van der Waals surface area contributed by atoms with Crippen molar-refractivity contribution in [3.63, 3.8) is 0 Å². The van der Waals surface area contributed by atoms with Crippen LogP contribution in [0.2, 0.25) is 10.0 Å². The normalized spacial score (nSPS) is 11.6. The van der Waals surface area contributed by atoms with Gasteiger partial charge in [-0.15, -0.1) is 0 Å². The molecule has 9 heteroatoms. The summed E-state index contributed by atoms with van der Waals surface area (Å²) < 4.78 is 15.2. The Balaban J connectivity index is 1.35. The summed E-state index contributed by atoms with van der Waals surface area (Å²) in [5, 5.41) is 6.30. The van der Waals surface area contributed by atoms with E-state index in [2.05, 4.69) is 30.5 Å². The molecular weight excluding hydrogens is 643 g/mol. The molecule has 0 aliphatic rings. The molecule has 2 aromatic heterocycles. The van der Waals surface area contributed by atoms with Crippen LogP contribution in [-0.4, -0.2) is 27.6 Å². The molecule has 48 heavy (non-hydrogen) atoms. The lowest BCUT2D eigenvalue weighted by Gasteiger charge is -2.17. The van der Waals surface area contributed by atoms with Crippen molar-refractivity contribution < 1.29 is 9.47 Å². The fraction of sp³-hybridized carbons (Fsp3) is 0.205. The highest BCUT2D eigenvalue weighted by Gasteiger charge is 2.19. The van der Waals surface area contributed by atoms with Gasteiger partial charge in [0.25, 0.3) is 5.56 Å². The van der Waals surface area contributed by atoms with Gasteiger partial charge in [-0.1, -0.05) is 55.2 Å². The molecule has 6 rings (SSSR count). The van der Waals surface area contributed by atoms with Crippen LogP contribution in [-0.2, 0) is 6.61 Å². The number of fused-ring (bicyclic) bond motifs is 1. The number of halogens is 2. The zero-order chi connectivity index (χ0) is 34.1. The number of methoxy groups -OCH3 is 1. The van der Waals surface area contributed by atoms with Crippen LogP contribution in [0, 0.1) is 20.8 Å². The maximum Gasteiger partial charge on any atom is 0.282 e. The van der Waals surface area contributed by atoms with Gasteiger partial charge in [-0.25, -0.2) is 4.98 Å². The van der Waals surface area contributed by atoms with Gasteiger partial charge >= 0.3 is 0 Å². The van der Waals surface area contributed by atoms with Crippen molar-refractivity contribution in [3.8, 4) is 28.6 Å². The summed E-state index contributed by atoms with van der Waals surface area (Å²) in [4.78, 5) is 18.9.